The number of carbonyl (C=O) groups is 1. The summed E-state index contributed by atoms with van der Waals surface area (Å²) in [6.45, 7) is 11.1. The summed E-state index contributed by atoms with van der Waals surface area (Å²) in [5.41, 5.74) is 2.59. The van der Waals surface area contributed by atoms with Gasteiger partial charge in [-0.1, -0.05) is 45.3 Å². The fraction of sp³-hybridized carbons (Fsp3) is 0.870. The molecule has 0 aromatic carbocycles. The Bertz CT molecular complexity index is 607. The third kappa shape index (κ3) is 3.60. The lowest BCUT2D eigenvalue weighted by molar-refractivity contribution is -0.146. The van der Waals surface area contributed by atoms with Crippen LogP contribution in [0.25, 0.3) is 0 Å². The molecular weight excluding hydrogens is 340 g/mol. The minimum absolute atomic E-state index is 0.0611. The van der Waals surface area contributed by atoms with Crippen LogP contribution in [0.1, 0.15) is 73.1 Å². The molecule has 0 heterocycles. The number of aliphatic hydroxyl groups is 2. The maximum atomic E-state index is 11.4. The third-order valence-electron chi connectivity index (χ3n) is 8.38. The highest BCUT2D eigenvalue weighted by Crippen LogP contribution is 2.59. The lowest BCUT2D eigenvalue weighted by Gasteiger charge is -2.52. The van der Waals surface area contributed by atoms with Crippen LogP contribution in [0, 0.1) is 34.5 Å². The molecule has 0 saturated heterocycles. The Hall–Kier alpha value is -0.870. The lowest BCUT2D eigenvalue weighted by Crippen LogP contribution is -2.47. The molecule has 3 aliphatic carbocycles. The van der Waals surface area contributed by atoms with Crippen molar-refractivity contribution in [3.63, 3.8) is 0 Å². The van der Waals surface area contributed by atoms with E-state index in [-0.39, 0.29) is 35.4 Å². The number of ether oxygens (including phenoxy) is 1. The van der Waals surface area contributed by atoms with Crippen LogP contribution in [0.2, 0.25) is 0 Å². The van der Waals surface area contributed by atoms with Crippen LogP contribution in [0.4, 0.5) is 0 Å². The molecule has 0 amide bonds. The van der Waals surface area contributed by atoms with Crippen molar-refractivity contribution in [3.8, 4) is 0 Å². The summed E-state index contributed by atoms with van der Waals surface area (Å²) < 4.78 is 5.47. The quantitative estimate of drug-likeness (QED) is 0.571. The number of hydrogen-bond acceptors (Lipinski definition) is 4. The Balaban J connectivity index is 1.90. The van der Waals surface area contributed by atoms with Crippen LogP contribution in [-0.2, 0) is 9.53 Å². The Labute approximate surface area is 164 Å². The van der Waals surface area contributed by atoms with Crippen molar-refractivity contribution in [2.75, 3.05) is 13.2 Å². The maximum absolute atomic E-state index is 11.4. The second-order valence-corrected chi connectivity index (χ2v) is 10.3. The average molecular weight is 379 g/mol. The van der Waals surface area contributed by atoms with Crippen LogP contribution in [0.3, 0.4) is 0 Å². The molecule has 0 bridgehead atoms. The van der Waals surface area contributed by atoms with Gasteiger partial charge in [-0.05, 0) is 55.3 Å². The molecular formula is C23H38O4. The van der Waals surface area contributed by atoms with E-state index < -0.39 is 0 Å². The van der Waals surface area contributed by atoms with Crippen LogP contribution >= 0.6 is 0 Å². The second-order valence-electron chi connectivity index (χ2n) is 10.3. The minimum Gasteiger partial charge on any atom is -0.466 e. The summed E-state index contributed by atoms with van der Waals surface area (Å²) in [5.74, 6) is 1.30. The van der Waals surface area contributed by atoms with E-state index in [0.29, 0.717) is 30.8 Å². The predicted molar refractivity (Wildman–Crippen MR) is 106 cm³/mol. The van der Waals surface area contributed by atoms with Crippen molar-refractivity contribution >= 4 is 5.97 Å². The smallest absolute Gasteiger partial charge is 0.302 e. The van der Waals surface area contributed by atoms with Crippen molar-refractivity contribution in [1.82, 2.24) is 0 Å². The summed E-state index contributed by atoms with van der Waals surface area (Å²) in [5, 5.41) is 21.0. The van der Waals surface area contributed by atoms with Gasteiger partial charge in [-0.15, -0.1) is 0 Å². The number of aliphatic hydroxyl groups excluding tert-OH is 2. The zero-order valence-electron chi connectivity index (χ0n) is 17.8. The van der Waals surface area contributed by atoms with Crippen LogP contribution in [-0.4, -0.2) is 35.5 Å². The zero-order valence-corrected chi connectivity index (χ0v) is 17.8. The molecule has 27 heavy (non-hydrogen) atoms. The molecule has 1 saturated carbocycles. The summed E-state index contributed by atoms with van der Waals surface area (Å²) in [4.78, 5) is 11.4. The summed E-state index contributed by atoms with van der Waals surface area (Å²) in [6.07, 6.45) is 5.83. The molecule has 0 aromatic rings. The molecule has 4 nitrogen and oxygen atoms in total. The zero-order chi connectivity index (χ0) is 20.0. The van der Waals surface area contributed by atoms with Gasteiger partial charge in [0.25, 0.3) is 0 Å². The van der Waals surface area contributed by atoms with E-state index in [0.717, 1.165) is 25.7 Å². The van der Waals surface area contributed by atoms with Gasteiger partial charge in [0, 0.05) is 24.9 Å². The van der Waals surface area contributed by atoms with E-state index in [1.54, 1.807) is 0 Å². The van der Waals surface area contributed by atoms with E-state index in [1.165, 1.54) is 24.5 Å². The van der Waals surface area contributed by atoms with Crippen molar-refractivity contribution in [3.05, 3.63) is 11.1 Å². The Morgan fingerprint density at radius 2 is 1.96 bits per heavy atom. The van der Waals surface area contributed by atoms with E-state index in [9.17, 15) is 15.0 Å². The number of rotatable bonds is 4. The highest BCUT2D eigenvalue weighted by molar-refractivity contribution is 5.65. The van der Waals surface area contributed by atoms with E-state index in [2.05, 4.69) is 27.7 Å². The van der Waals surface area contributed by atoms with Gasteiger partial charge in [0.2, 0.25) is 0 Å². The van der Waals surface area contributed by atoms with Crippen LogP contribution in [0.5, 0.6) is 0 Å². The van der Waals surface area contributed by atoms with Gasteiger partial charge in [-0.25, -0.2) is 0 Å². The number of carbonyl (C=O) groups excluding carboxylic acids is 1. The van der Waals surface area contributed by atoms with Gasteiger partial charge < -0.3 is 14.9 Å². The van der Waals surface area contributed by atoms with Gasteiger partial charge in [0.1, 0.15) is 0 Å². The third-order valence-corrected chi connectivity index (χ3v) is 8.38. The molecule has 0 aromatic heterocycles. The fourth-order valence-corrected chi connectivity index (χ4v) is 6.43. The normalized spacial score (nSPS) is 41.4. The molecule has 3 aliphatic rings. The van der Waals surface area contributed by atoms with Gasteiger partial charge in [0.15, 0.2) is 0 Å². The first-order valence-electron chi connectivity index (χ1n) is 10.8. The van der Waals surface area contributed by atoms with E-state index in [1.807, 2.05) is 0 Å². The first kappa shape index (κ1) is 20.9. The molecule has 0 unspecified atom stereocenters. The Kier molecular flexibility index (Phi) is 5.80. The molecule has 6 atom stereocenters. The topological polar surface area (TPSA) is 66.8 Å². The fourth-order valence-electron chi connectivity index (χ4n) is 6.43. The summed E-state index contributed by atoms with van der Waals surface area (Å²) >= 11 is 0. The maximum Gasteiger partial charge on any atom is 0.302 e. The van der Waals surface area contributed by atoms with Crippen LogP contribution in [0.15, 0.2) is 11.1 Å². The number of hydrogen-bond donors (Lipinski definition) is 2. The van der Waals surface area contributed by atoms with Crippen molar-refractivity contribution in [2.45, 2.75) is 79.2 Å². The Morgan fingerprint density at radius 1 is 1.26 bits per heavy atom. The highest BCUT2D eigenvalue weighted by atomic mass is 16.5. The van der Waals surface area contributed by atoms with Crippen molar-refractivity contribution < 1.29 is 19.7 Å². The SMILES string of the molecule is CC(=O)OC[C@H]1C[C@@H](C)CC[C@]1(C)[C@H]1CCC2=C(C[C@@H](O)C2(C)C)[C@@H]1CO. The second kappa shape index (κ2) is 7.51. The average Bonchev–Trinajstić information content (AvgIpc) is 2.84. The summed E-state index contributed by atoms with van der Waals surface area (Å²) in [7, 11) is 0. The van der Waals surface area contributed by atoms with Gasteiger partial charge >= 0.3 is 5.97 Å². The Morgan fingerprint density at radius 3 is 2.59 bits per heavy atom. The van der Waals surface area contributed by atoms with Crippen molar-refractivity contribution in [2.24, 2.45) is 34.5 Å². The minimum atomic E-state index is -0.341. The monoisotopic (exact) mass is 378 g/mol. The standard InChI is InChI=1S/C23H38O4/c1-14-8-9-23(5,16(10-14)13-27-15(2)25)20-7-6-19-17(18(20)12-24)11-21(26)22(19,3)4/h14,16,18,20-21,24,26H,6-13H2,1-5H3/t14-,16+,18-,20-,21+,23-/m0/s1. The molecule has 0 spiro atoms. The largest absolute Gasteiger partial charge is 0.466 e. The predicted octanol–water partition coefficient (Wildman–Crippen LogP) is 4.10. The van der Waals surface area contributed by atoms with E-state index >= 15 is 0 Å². The first-order chi connectivity index (χ1) is 12.6. The molecule has 154 valence electrons. The van der Waals surface area contributed by atoms with Gasteiger partial charge in [-0.3, -0.25) is 4.79 Å². The molecule has 3 rings (SSSR count). The molecule has 0 aliphatic heterocycles. The van der Waals surface area contributed by atoms with E-state index in [4.69, 9.17) is 4.74 Å². The molecule has 0 radical (unpaired) electrons. The highest BCUT2D eigenvalue weighted by Gasteiger charge is 2.53. The number of esters is 1. The molecule has 4 heteroatoms. The molecule has 1 fully saturated rings. The van der Waals surface area contributed by atoms with Crippen LogP contribution < -0.4 is 0 Å². The molecule has 2 N–H and O–H groups in total. The summed E-state index contributed by atoms with van der Waals surface area (Å²) in [6, 6.07) is 0. The van der Waals surface area contributed by atoms with Gasteiger partial charge in [0.05, 0.1) is 12.7 Å². The van der Waals surface area contributed by atoms with Gasteiger partial charge in [-0.2, -0.15) is 0 Å². The lowest BCUT2D eigenvalue weighted by atomic mass is 9.53. The first-order valence-corrected chi connectivity index (χ1v) is 10.8. The van der Waals surface area contributed by atoms with Crippen molar-refractivity contribution in [1.29, 1.82) is 0 Å².